The lowest BCUT2D eigenvalue weighted by Crippen LogP contribution is -2.29. The summed E-state index contributed by atoms with van der Waals surface area (Å²) in [5.74, 6) is -0.152. The maximum absolute atomic E-state index is 13.7. The molecule has 5 rings (SSSR count). The van der Waals surface area contributed by atoms with E-state index in [0.717, 1.165) is 16.5 Å². The Kier molecular flexibility index (Phi) is 5.21. The van der Waals surface area contributed by atoms with Crippen LogP contribution < -0.4 is 15.1 Å². The number of aromatic hydroxyl groups is 1. The van der Waals surface area contributed by atoms with E-state index < -0.39 is 11.9 Å². The number of ether oxygens (including phenoxy) is 1. The number of fused-ring (bicyclic) bond motifs is 2. The van der Waals surface area contributed by atoms with Gasteiger partial charge >= 0.3 is 0 Å². The van der Waals surface area contributed by atoms with Crippen molar-refractivity contribution in [3.63, 3.8) is 0 Å². The molecule has 1 aliphatic heterocycles. The molecule has 1 N–H and O–H groups in total. The van der Waals surface area contributed by atoms with Gasteiger partial charge < -0.3 is 14.3 Å². The van der Waals surface area contributed by atoms with Gasteiger partial charge in [-0.05, 0) is 60.0 Å². The highest BCUT2D eigenvalue weighted by Crippen LogP contribution is 2.43. The molecule has 3 aromatic carbocycles. The lowest BCUT2D eigenvalue weighted by atomic mass is 9.97. The van der Waals surface area contributed by atoms with Crippen LogP contribution in [0.4, 0.5) is 5.69 Å². The maximum Gasteiger partial charge on any atom is 0.295 e. The molecule has 1 atom stereocenters. The van der Waals surface area contributed by atoms with Crippen LogP contribution in [0.5, 0.6) is 11.5 Å². The molecule has 33 heavy (non-hydrogen) atoms. The molecule has 0 bridgehead atoms. The van der Waals surface area contributed by atoms with E-state index in [1.807, 2.05) is 24.3 Å². The molecule has 1 unspecified atom stereocenters. The van der Waals surface area contributed by atoms with Crippen LogP contribution in [-0.2, 0) is 6.42 Å². The molecule has 6 nitrogen and oxygen atoms in total. The first kappa shape index (κ1) is 21.3. The van der Waals surface area contributed by atoms with Crippen LogP contribution in [0.25, 0.3) is 11.0 Å². The third-order valence-electron chi connectivity index (χ3n) is 5.97. The molecular formula is C26H20BrNO5. The van der Waals surface area contributed by atoms with Gasteiger partial charge in [0.2, 0.25) is 5.76 Å². The Morgan fingerprint density at radius 1 is 1.06 bits per heavy atom. The molecular weight excluding hydrogens is 486 g/mol. The van der Waals surface area contributed by atoms with Crippen LogP contribution in [0.1, 0.15) is 40.2 Å². The number of carbonyl (C=O) groups excluding carboxylic acids is 1. The zero-order valence-electron chi connectivity index (χ0n) is 18.0. The summed E-state index contributed by atoms with van der Waals surface area (Å²) < 4.78 is 12.0. The summed E-state index contributed by atoms with van der Waals surface area (Å²) >= 11 is 3.41. The summed E-state index contributed by atoms with van der Waals surface area (Å²) in [6.45, 7) is 2.06. The van der Waals surface area contributed by atoms with E-state index in [1.54, 1.807) is 35.2 Å². The number of benzene rings is 3. The zero-order chi connectivity index (χ0) is 23.3. The number of hydrogen-bond donors (Lipinski definition) is 1. The Morgan fingerprint density at radius 2 is 1.82 bits per heavy atom. The van der Waals surface area contributed by atoms with Gasteiger partial charge in [-0.2, -0.15) is 0 Å². The van der Waals surface area contributed by atoms with Gasteiger partial charge in [0.05, 0.1) is 24.1 Å². The Bertz CT molecular complexity index is 1460. The van der Waals surface area contributed by atoms with E-state index in [9.17, 15) is 14.7 Å². The standard InChI is InChI=1S/C26H20BrNO5/c1-3-14-4-8-17(9-5-14)28-23(15-6-10-19(29)21(12-15)32-2)22-24(30)18-13-16(27)7-11-20(18)33-25(22)26(28)31/h4-13,23,29H,3H2,1-2H3. The minimum Gasteiger partial charge on any atom is -0.504 e. The molecule has 0 spiro atoms. The number of phenols is 1. The number of aryl methyl sites for hydroxylation is 1. The van der Waals surface area contributed by atoms with Crippen LogP contribution in [0.3, 0.4) is 0 Å². The number of hydrogen-bond acceptors (Lipinski definition) is 5. The first-order valence-electron chi connectivity index (χ1n) is 10.5. The average molecular weight is 506 g/mol. The number of carbonyl (C=O) groups is 1. The second kappa shape index (κ2) is 8.08. The molecule has 0 aliphatic carbocycles. The normalized spacial score (nSPS) is 15.2. The van der Waals surface area contributed by atoms with Gasteiger partial charge in [0.1, 0.15) is 5.58 Å². The quantitative estimate of drug-likeness (QED) is 0.391. The number of halogens is 1. The summed E-state index contributed by atoms with van der Waals surface area (Å²) in [7, 11) is 1.45. The van der Waals surface area contributed by atoms with E-state index in [-0.39, 0.29) is 28.3 Å². The van der Waals surface area contributed by atoms with Gasteiger partial charge in [0.25, 0.3) is 5.91 Å². The molecule has 166 valence electrons. The smallest absolute Gasteiger partial charge is 0.295 e. The highest BCUT2D eigenvalue weighted by molar-refractivity contribution is 9.10. The highest BCUT2D eigenvalue weighted by Gasteiger charge is 2.43. The monoisotopic (exact) mass is 505 g/mol. The van der Waals surface area contributed by atoms with Gasteiger partial charge in [0.15, 0.2) is 16.9 Å². The van der Waals surface area contributed by atoms with Crippen LogP contribution in [0.2, 0.25) is 0 Å². The Labute approximate surface area is 198 Å². The van der Waals surface area contributed by atoms with E-state index in [4.69, 9.17) is 9.15 Å². The largest absolute Gasteiger partial charge is 0.504 e. The minimum absolute atomic E-state index is 0.0198. The van der Waals surface area contributed by atoms with Gasteiger partial charge in [0, 0.05) is 10.2 Å². The van der Waals surface area contributed by atoms with E-state index >= 15 is 0 Å². The summed E-state index contributed by atoms with van der Waals surface area (Å²) in [6.07, 6.45) is 0.868. The Hall–Kier alpha value is -3.58. The summed E-state index contributed by atoms with van der Waals surface area (Å²) in [5, 5.41) is 10.5. The zero-order valence-corrected chi connectivity index (χ0v) is 19.5. The van der Waals surface area contributed by atoms with Crippen LogP contribution >= 0.6 is 15.9 Å². The molecule has 1 aliphatic rings. The number of phenolic OH excluding ortho intramolecular Hbond substituents is 1. The second-order valence-corrected chi connectivity index (χ2v) is 8.76. The predicted octanol–water partition coefficient (Wildman–Crippen LogP) is 5.58. The van der Waals surface area contributed by atoms with Crippen molar-refractivity contribution in [3.8, 4) is 11.5 Å². The Balaban J connectivity index is 1.80. The molecule has 2 heterocycles. The Morgan fingerprint density at radius 3 is 2.52 bits per heavy atom. The van der Waals surface area contributed by atoms with Crippen molar-refractivity contribution in [2.75, 3.05) is 12.0 Å². The molecule has 0 fully saturated rings. The van der Waals surface area contributed by atoms with E-state index in [2.05, 4.69) is 22.9 Å². The van der Waals surface area contributed by atoms with Gasteiger partial charge in [-0.1, -0.05) is 41.1 Å². The molecule has 7 heteroatoms. The first-order valence-corrected chi connectivity index (χ1v) is 11.3. The SMILES string of the molecule is CCc1ccc(N2C(=O)c3oc4ccc(Br)cc4c(=O)c3C2c2ccc(O)c(OC)c2)cc1. The van der Waals surface area contributed by atoms with Crippen molar-refractivity contribution in [1.82, 2.24) is 0 Å². The van der Waals surface area contributed by atoms with Crippen molar-refractivity contribution in [2.45, 2.75) is 19.4 Å². The molecule has 1 amide bonds. The number of anilines is 1. The summed E-state index contributed by atoms with van der Waals surface area (Å²) in [6, 6.07) is 16.9. The minimum atomic E-state index is -0.742. The van der Waals surface area contributed by atoms with Crippen molar-refractivity contribution in [3.05, 3.63) is 97.8 Å². The molecule has 4 aromatic rings. The van der Waals surface area contributed by atoms with Crippen LogP contribution in [-0.4, -0.2) is 18.1 Å². The number of amides is 1. The van der Waals surface area contributed by atoms with Crippen molar-refractivity contribution in [2.24, 2.45) is 0 Å². The number of rotatable bonds is 4. The topological polar surface area (TPSA) is 80.0 Å². The van der Waals surface area contributed by atoms with Gasteiger partial charge in [-0.25, -0.2) is 0 Å². The number of nitrogens with zero attached hydrogens (tertiary/aromatic N) is 1. The predicted molar refractivity (Wildman–Crippen MR) is 129 cm³/mol. The molecule has 0 radical (unpaired) electrons. The van der Waals surface area contributed by atoms with Gasteiger partial charge in [-0.3, -0.25) is 14.5 Å². The fourth-order valence-corrected chi connectivity index (χ4v) is 4.64. The maximum atomic E-state index is 13.7. The highest BCUT2D eigenvalue weighted by atomic mass is 79.9. The third-order valence-corrected chi connectivity index (χ3v) is 6.47. The summed E-state index contributed by atoms with van der Waals surface area (Å²) in [5.41, 5.74) is 2.74. The van der Waals surface area contributed by atoms with E-state index in [0.29, 0.717) is 22.2 Å². The van der Waals surface area contributed by atoms with Crippen molar-refractivity contribution >= 4 is 38.5 Å². The molecule has 1 aromatic heterocycles. The average Bonchev–Trinajstić information content (AvgIpc) is 3.12. The third kappa shape index (κ3) is 3.40. The van der Waals surface area contributed by atoms with Crippen molar-refractivity contribution in [1.29, 1.82) is 0 Å². The van der Waals surface area contributed by atoms with E-state index in [1.165, 1.54) is 13.2 Å². The van der Waals surface area contributed by atoms with Crippen LogP contribution in [0.15, 0.2) is 74.3 Å². The first-order chi connectivity index (χ1) is 15.9. The number of methoxy groups -OCH3 is 1. The van der Waals surface area contributed by atoms with Crippen molar-refractivity contribution < 1.29 is 19.1 Å². The second-order valence-electron chi connectivity index (χ2n) is 7.84. The van der Waals surface area contributed by atoms with Crippen LogP contribution in [0, 0.1) is 0 Å². The van der Waals surface area contributed by atoms with Gasteiger partial charge in [-0.15, -0.1) is 0 Å². The lowest BCUT2D eigenvalue weighted by molar-refractivity contribution is 0.0971. The summed E-state index contributed by atoms with van der Waals surface area (Å²) in [4.78, 5) is 28.8. The fourth-order valence-electron chi connectivity index (χ4n) is 4.28. The lowest BCUT2D eigenvalue weighted by Gasteiger charge is -2.26. The molecule has 0 saturated heterocycles. The molecule has 0 saturated carbocycles. The fraction of sp³-hybridized carbons (Fsp3) is 0.154.